The molecule has 0 saturated heterocycles. The summed E-state index contributed by atoms with van der Waals surface area (Å²) in [5, 5.41) is 7.64. The highest BCUT2D eigenvalue weighted by atomic mass is 15.3. The standard InChI is InChI=1S/C13H23N5/c1-10(2)16-13(14)15-9-11-7-8-18(17-11)12-5-3-4-6-12/h7-8,10,12H,3-6,9H2,1-2H3,(H3,14,15,16). The van der Waals surface area contributed by atoms with Gasteiger partial charge in [-0.1, -0.05) is 12.8 Å². The molecule has 1 fully saturated rings. The van der Waals surface area contributed by atoms with Crippen LogP contribution in [0.25, 0.3) is 0 Å². The molecule has 5 nitrogen and oxygen atoms in total. The van der Waals surface area contributed by atoms with Gasteiger partial charge in [-0.2, -0.15) is 5.10 Å². The highest BCUT2D eigenvalue weighted by Gasteiger charge is 2.17. The van der Waals surface area contributed by atoms with E-state index in [1.54, 1.807) is 0 Å². The number of aliphatic imine (C=N–C) groups is 1. The topological polar surface area (TPSA) is 68.2 Å². The Hall–Kier alpha value is -1.52. The van der Waals surface area contributed by atoms with E-state index in [0.29, 0.717) is 24.6 Å². The molecule has 100 valence electrons. The average Bonchev–Trinajstić information content (AvgIpc) is 2.96. The van der Waals surface area contributed by atoms with Crippen molar-refractivity contribution < 1.29 is 0 Å². The predicted molar refractivity (Wildman–Crippen MR) is 73.3 cm³/mol. The zero-order chi connectivity index (χ0) is 13.0. The van der Waals surface area contributed by atoms with E-state index in [0.717, 1.165) is 5.69 Å². The van der Waals surface area contributed by atoms with Crippen LogP contribution in [-0.2, 0) is 6.54 Å². The summed E-state index contributed by atoms with van der Waals surface area (Å²) >= 11 is 0. The minimum Gasteiger partial charge on any atom is -0.370 e. The van der Waals surface area contributed by atoms with Crippen molar-refractivity contribution in [3.63, 3.8) is 0 Å². The van der Waals surface area contributed by atoms with E-state index in [-0.39, 0.29) is 0 Å². The van der Waals surface area contributed by atoms with E-state index in [1.165, 1.54) is 25.7 Å². The number of guanidine groups is 1. The van der Waals surface area contributed by atoms with Crippen LogP contribution in [0.3, 0.4) is 0 Å². The number of hydrogen-bond donors (Lipinski definition) is 2. The maximum atomic E-state index is 5.76. The molecule has 3 N–H and O–H groups in total. The predicted octanol–water partition coefficient (Wildman–Crippen LogP) is 1.81. The van der Waals surface area contributed by atoms with Gasteiger partial charge in [-0.25, -0.2) is 4.99 Å². The third kappa shape index (κ3) is 3.48. The van der Waals surface area contributed by atoms with Crippen LogP contribution in [0.15, 0.2) is 17.3 Å². The molecule has 1 saturated carbocycles. The maximum Gasteiger partial charge on any atom is 0.189 e. The van der Waals surface area contributed by atoms with Gasteiger partial charge in [0.25, 0.3) is 0 Å². The Balaban J connectivity index is 1.90. The van der Waals surface area contributed by atoms with Crippen molar-refractivity contribution in [3.8, 4) is 0 Å². The molecule has 1 aromatic rings. The largest absolute Gasteiger partial charge is 0.370 e. The first-order chi connectivity index (χ1) is 8.65. The van der Waals surface area contributed by atoms with Gasteiger partial charge >= 0.3 is 0 Å². The van der Waals surface area contributed by atoms with Crippen LogP contribution in [0.1, 0.15) is 51.3 Å². The number of aromatic nitrogens is 2. The number of nitrogens with one attached hydrogen (secondary N) is 1. The normalized spacial score (nSPS) is 17.6. The molecule has 0 aromatic carbocycles. The summed E-state index contributed by atoms with van der Waals surface area (Å²) in [6.45, 7) is 4.62. The van der Waals surface area contributed by atoms with Crippen molar-refractivity contribution in [2.24, 2.45) is 10.7 Å². The molecule has 0 atom stereocenters. The molecular formula is C13H23N5. The fourth-order valence-corrected chi connectivity index (χ4v) is 2.34. The Morgan fingerprint density at radius 1 is 1.56 bits per heavy atom. The molecule has 1 aromatic heterocycles. The molecule has 5 heteroatoms. The Labute approximate surface area is 108 Å². The van der Waals surface area contributed by atoms with Crippen molar-refractivity contribution in [2.45, 2.75) is 58.2 Å². The summed E-state index contributed by atoms with van der Waals surface area (Å²) in [7, 11) is 0. The van der Waals surface area contributed by atoms with E-state index in [2.05, 4.69) is 26.3 Å². The average molecular weight is 249 g/mol. The number of nitrogens with two attached hydrogens (primary N) is 1. The first-order valence-corrected chi connectivity index (χ1v) is 6.75. The van der Waals surface area contributed by atoms with Gasteiger partial charge < -0.3 is 11.1 Å². The molecule has 1 heterocycles. The zero-order valence-electron chi connectivity index (χ0n) is 11.3. The van der Waals surface area contributed by atoms with Crippen LogP contribution in [-0.4, -0.2) is 21.8 Å². The number of rotatable bonds is 4. The fourth-order valence-electron chi connectivity index (χ4n) is 2.34. The van der Waals surface area contributed by atoms with Crippen molar-refractivity contribution >= 4 is 5.96 Å². The third-order valence-electron chi connectivity index (χ3n) is 3.21. The molecule has 1 aliphatic rings. The monoisotopic (exact) mass is 249 g/mol. The summed E-state index contributed by atoms with van der Waals surface area (Å²) in [5.74, 6) is 0.486. The molecule has 0 aliphatic heterocycles. The van der Waals surface area contributed by atoms with Gasteiger partial charge in [0.15, 0.2) is 5.96 Å². The quantitative estimate of drug-likeness (QED) is 0.631. The molecule has 0 bridgehead atoms. The first kappa shape index (κ1) is 12.9. The van der Waals surface area contributed by atoms with Gasteiger partial charge in [-0.05, 0) is 32.8 Å². The van der Waals surface area contributed by atoms with Crippen molar-refractivity contribution in [1.82, 2.24) is 15.1 Å². The van der Waals surface area contributed by atoms with E-state index in [4.69, 9.17) is 5.73 Å². The lowest BCUT2D eigenvalue weighted by atomic mass is 10.3. The first-order valence-electron chi connectivity index (χ1n) is 6.75. The summed E-state index contributed by atoms with van der Waals surface area (Å²) < 4.78 is 2.09. The van der Waals surface area contributed by atoms with Gasteiger partial charge in [0.05, 0.1) is 18.3 Å². The van der Waals surface area contributed by atoms with E-state index < -0.39 is 0 Å². The van der Waals surface area contributed by atoms with Crippen molar-refractivity contribution in [1.29, 1.82) is 0 Å². The molecule has 0 amide bonds. The molecule has 0 unspecified atom stereocenters. The lowest BCUT2D eigenvalue weighted by molar-refractivity contribution is 0.463. The minimum absolute atomic E-state index is 0.310. The van der Waals surface area contributed by atoms with Gasteiger partial charge in [0, 0.05) is 12.2 Å². The summed E-state index contributed by atoms with van der Waals surface area (Å²) in [5.41, 5.74) is 6.74. The Morgan fingerprint density at radius 3 is 2.94 bits per heavy atom. The molecule has 0 spiro atoms. The summed E-state index contributed by atoms with van der Waals surface area (Å²) in [4.78, 5) is 4.28. The van der Waals surface area contributed by atoms with Crippen LogP contribution < -0.4 is 11.1 Å². The Bertz CT molecular complexity index is 401. The Kier molecular flexibility index (Phi) is 4.23. The highest BCUT2D eigenvalue weighted by Crippen LogP contribution is 2.28. The molecule has 1 aliphatic carbocycles. The lowest BCUT2D eigenvalue weighted by Gasteiger charge is -2.09. The van der Waals surface area contributed by atoms with Gasteiger partial charge in [0.2, 0.25) is 0 Å². The second-order valence-corrected chi connectivity index (χ2v) is 5.23. The number of hydrogen-bond acceptors (Lipinski definition) is 2. The van der Waals surface area contributed by atoms with Crippen LogP contribution in [0.5, 0.6) is 0 Å². The third-order valence-corrected chi connectivity index (χ3v) is 3.21. The van der Waals surface area contributed by atoms with Gasteiger partial charge in [-0.15, -0.1) is 0 Å². The van der Waals surface area contributed by atoms with Crippen LogP contribution in [0, 0.1) is 0 Å². The van der Waals surface area contributed by atoms with E-state index in [9.17, 15) is 0 Å². The Morgan fingerprint density at radius 2 is 2.28 bits per heavy atom. The van der Waals surface area contributed by atoms with Crippen LogP contribution in [0.4, 0.5) is 0 Å². The van der Waals surface area contributed by atoms with E-state index in [1.807, 2.05) is 19.9 Å². The van der Waals surface area contributed by atoms with Gasteiger partial charge in [-0.3, -0.25) is 4.68 Å². The fraction of sp³-hybridized carbons (Fsp3) is 0.692. The molecule has 2 rings (SSSR count). The summed E-state index contributed by atoms with van der Waals surface area (Å²) in [6.07, 6.45) is 7.21. The smallest absolute Gasteiger partial charge is 0.189 e. The number of nitrogens with zero attached hydrogens (tertiary/aromatic N) is 3. The molecular weight excluding hydrogens is 226 g/mol. The van der Waals surface area contributed by atoms with Crippen molar-refractivity contribution in [2.75, 3.05) is 0 Å². The molecule has 18 heavy (non-hydrogen) atoms. The van der Waals surface area contributed by atoms with Crippen LogP contribution in [0.2, 0.25) is 0 Å². The van der Waals surface area contributed by atoms with Crippen LogP contribution >= 0.6 is 0 Å². The second-order valence-electron chi connectivity index (χ2n) is 5.23. The van der Waals surface area contributed by atoms with Crippen molar-refractivity contribution in [3.05, 3.63) is 18.0 Å². The maximum absolute atomic E-state index is 5.76. The summed E-state index contributed by atoms with van der Waals surface area (Å²) in [6, 6.07) is 2.93. The van der Waals surface area contributed by atoms with E-state index >= 15 is 0 Å². The molecule has 0 radical (unpaired) electrons. The highest BCUT2D eigenvalue weighted by molar-refractivity contribution is 5.77. The SMILES string of the molecule is CC(C)NC(N)=NCc1ccn(C2CCCC2)n1. The lowest BCUT2D eigenvalue weighted by Crippen LogP contribution is -2.36. The zero-order valence-corrected chi connectivity index (χ0v) is 11.3. The van der Waals surface area contributed by atoms with Gasteiger partial charge in [0.1, 0.15) is 0 Å². The minimum atomic E-state index is 0.310. The second kappa shape index (κ2) is 5.89.